The first-order valence-corrected chi connectivity index (χ1v) is 9.10. The number of amides is 1. The highest BCUT2D eigenvalue weighted by Gasteiger charge is 2.09. The zero-order valence-corrected chi connectivity index (χ0v) is 15.7. The number of rotatable bonds is 7. The van der Waals surface area contributed by atoms with Crippen LogP contribution in [0.1, 0.15) is 6.42 Å². The molecule has 0 aromatic heterocycles. The monoisotopic (exact) mass is 407 g/mol. The molecule has 1 aromatic rings. The Morgan fingerprint density at radius 1 is 1.27 bits per heavy atom. The van der Waals surface area contributed by atoms with Crippen LogP contribution in [0.2, 0.25) is 0 Å². The van der Waals surface area contributed by atoms with Crippen molar-refractivity contribution in [2.24, 2.45) is 0 Å². The highest BCUT2D eigenvalue weighted by molar-refractivity contribution is 9.10. The van der Waals surface area contributed by atoms with E-state index in [1.54, 1.807) is 11.8 Å². The SMILES string of the molecule is Cl.O=C(CCSc1ccc(Br)cc1)NCCN1CCNCC1. The number of carbonyl (C=O) groups excluding carboxylic acids is 1. The topological polar surface area (TPSA) is 44.4 Å². The van der Waals surface area contributed by atoms with Gasteiger partial charge in [0.2, 0.25) is 5.91 Å². The average Bonchev–Trinajstić information content (AvgIpc) is 2.50. The Morgan fingerprint density at radius 2 is 1.95 bits per heavy atom. The van der Waals surface area contributed by atoms with E-state index in [9.17, 15) is 4.79 Å². The number of hydrogen-bond acceptors (Lipinski definition) is 4. The number of carbonyl (C=O) groups is 1. The summed E-state index contributed by atoms with van der Waals surface area (Å²) in [5.74, 6) is 0.968. The Hall–Kier alpha value is -0.270. The molecule has 0 aliphatic carbocycles. The molecule has 1 amide bonds. The molecule has 7 heteroatoms. The molecule has 1 heterocycles. The summed E-state index contributed by atoms with van der Waals surface area (Å²) in [5.41, 5.74) is 0. The lowest BCUT2D eigenvalue weighted by atomic mass is 10.3. The Morgan fingerprint density at radius 3 is 2.64 bits per heavy atom. The van der Waals surface area contributed by atoms with E-state index < -0.39 is 0 Å². The fourth-order valence-electron chi connectivity index (χ4n) is 2.17. The van der Waals surface area contributed by atoms with Gasteiger partial charge in [-0.2, -0.15) is 0 Å². The Kier molecular flexibility index (Phi) is 10.2. The van der Waals surface area contributed by atoms with E-state index in [2.05, 4.69) is 43.6 Å². The molecule has 124 valence electrons. The number of halogens is 2. The van der Waals surface area contributed by atoms with E-state index in [0.717, 1.165) is 49.5 Å². The lowest BCUT2D eigenvalue weighted by Crippen LogP contribution is -2.46. The number of thioether (sulfide) groups is 1. The summed E-state index contributed by atoms with van der Waals surface area (Å²) in [4.78, 5) is 15.3. The second-order valence-electron chi connectivity index (χ2n) is 4.99. The van der Waals surface area contributed by atoms with Crippen LogP contribution in [0.5, 0.6) is 0 Å². The normalized spacial score (nSPS) is 15.1. The number of nitrogens with one attached hydrogen (secondary N) is 2. The van der Waals surface area contributed by atoms with Gasteiger partial charge in [-0.05, 0) is 24.3 Å². The van der Waals surface area contributed by atoms with Gasteiger partial charge in [-0.15, -0.1) is 24.2 Å². The highest BCUT2D eigenvalue weighted by atomic mass is 79.9. The fourth-order valence-corrected chi connectivity index (χ4v) is 3.29. The molecule has 22 heavy (non-hydrogen) atoms. The maximum Gasteiger partial charge on any atom is 0.220 e. The molecule has 0 atom stereocenters. The van der Waals surface area contributed by atoms with Crippen molar-refractivity contribution in [2.75, 3.05) is 45.0 Å². The average molecular weight is 409 g/mol. The fraction of sp³-hybridized carbons (Fsp3) is 0.533. The maximum absolute atomic E-state index is 11.8. The first-order chi connectivity index (χ1) is 10.2. The zero-order chi connectivity index (χ0) is 14.9. The van der Waals surface area contributed by atoms with Crippen molar-refractivity contribution in [1.29, 1.82) is 0 Å². The maximum atomic E-state index is 11.8. The van der Waals surface area contributed by atoms with Crippen molar-refractivity contribution in [3.05, 3.63) is 28.7 Å². The largest absolute Gasteiger partial charge is 0.355 e. The number of nitrogens with zero attached hydrogens (tertiary/aromatic N) is 1. The zero-order valence-electron chi connectivity index (χ0n) is 12.5. The second kappa shape index (κ2) is 11.3. The van der Waals surface area contributed by atoms with Gasteiger partial charge in [-0.1, -0.05) is 15.9 Å². The summed E-state index contributed by atoms with van der Waals surface area (Å²) in [6.07, 6.45) is 0.572. The minimum absolute atomic E-state index is 0. The summed E-state index contributed by atoms with van der Waals surface area (Å²) in [6, 6.07) is 8.18. The molecule has 1 aliphatic rings. The first kappa shape index (κ1) is 19.8. The number of hydrogen-bond donors (Lipinski definition) is 2. The van der Waals surface area contributed by atoms with Crippen LogP contribution in [-0.4, -0.2) is 55.8 Å². The molecular formula is C15H23BrClN3OS. The molecule has 1 fully saturated rings. The molecule has 0 saturated carbocycles. The van der Waals surface area contributed by atoms with E-state index in [-0.39, 0.29) is 18.3 Å². The third-order valence-corrected chi connectivity index (χ3v) is 4.91. The van der Waals surface area contributed by atoms with Gasteiger partial charge >= 0.3 is 0 Å². The lowest BCUT2D eigenvalue weighted by Gasteiger charge is -2.27. The molecule has 0 unspecified atom stereocenters. The van der Waals surface area contributed by atoms with Gasteiger partial charge in [0.15, 0.2) is 0 Å². The third-order valence-electron chi connectivity index (χ3n) is 3.37. The van der Waals surface area contributed by atoms with Gasteiger partial charge < -0.3 is 10.6 Å². The van der Waals surface area contributed by atoms with Gasteiger partial charge in [0.25, 0.3) is 0 Å². The summed E-state index contributed by atoms with van der Waals surface area (Å²) < 4.78 is 1.08. The van der Waals surface area contributed by atoms with Crippen LogP contribution >= 0.6 is 40.1 Å². The first-order valence-electron chi connectivity index (χ1n) is 7.32. The molecule has 2 N–H and O–H groups in total. The molecule has 1 saturated heterocycles. The van der Waals surface area contributed by atoms with Crippen molar-refractivity contribution >= 4 is 46.0 Å². The van der Waals surface area contributed by atoms with Crippen LogP contribution in [-0.2, 0) is 4.79 Å². The molecule has 1 aromatic carbocycles. The minimum atomic E-state index is 0. The van der Waals surface area contributed by atoms with Crippen molar-refractivity contribution in [2.45, 2.75) is 11.3 Å². The summed E-state index contributed by atoms with van der Waals surface area (Å²) in [7, 11) is 0. The molecule has 0 radical (unpaired) electrons. The van der Waals surface area contributed by atoms with Gasteiger partial charge in [0.05, 0.1) is 0 Å². The van der Waals surface area contributed by atoms with Crippen LogP contribution in [0.25, 0.3) is 0 Å². The quantitative estimate of drug-likeness (QED) is 0.680. The number of benzene rings is 1. The van der Waals surface area contributed by atoms with Gasteiger partial charge in [-0.3, -0.25) is 9.69 Å². The summed E-state index contributed by atoms with van der Waals surface area (Å²) in [5, 5.41) is 6.33. The molecular weight excluding hydrogens is 386 g/mol. The van der Waals surface area contributed by atoms with Crippen LogP contribution in [0.15, 0.2) is 33.6 Å². The number of piperazine rings is 1. The highest BCUT2D eigenvalue weighted by Crippen LogP contribution is 2.20. The van der Waals surface area contributed by atoms with Crippen LogP contribution < -0.4 is 10.6 Å². The molecule has 0 spiro atoms. The van der Waals surface area contributed by atoms with Gasteiger partial charge in [0, 0.05) is 60.8 Å². The van der Waals surface area contributed by atoms with E-state index >= 15 is 0 Å². The van der Waals surface area contributed by atoms with Crippen molar-refractivity contribution < 1.29 is 4.79 Å². The van der Waals surface area contributed by atoms with Crippen LogP contribution in [0, 0.1) is 0 Å². The minimum Gasteiger partial charge on any atom is -0.355 e. The van der Waals surface area contributed by atoms with E-state index in [1.807, 2.05) is 12.1 Å². The van der Waals surface area contributed by atoms with Crippen molar-refractivity contribution in [3.8, 4) is 0 Å². The Bertz CT molecular complexity index is 441. The standard InChI is InChI=1S/C15H22BrN3OS.ClH/c16-13-1-3-14(4-2-13)21-12-5-15(20)18-8-11-19-9-6-17-7-10-19;/h1-4,17H,5-12H2,(H,18,20);1H. The summed E-state index contributed by atoms with van der Waals surface area (Å²) in [6.45, 7) is 5.97. The van der Waals surface area contributed by atoms with Crippen molar-refractivity contribution in [1.82, 2.24) is 15.5 Å². The van der Waals surface area contributed by atoms with Crippen molar-refractivity contribution in [3.63, 3.8) is 0 Å². The molecule has 2 rings (SSSR count). The third kappa shape index (κ3) is 7.83. The molecule has 4 nitrogen and oxygen atoms in total. The summed E-state index contributed by atoms with van der Waals surface area (Å²) >= 11 is 5.14. The van der Waals surface area contributed by atoms with Crippen LogP contribution in [0.3, 0.4) is 0 Å². The molecule has 0 bridgehead atoms. The lowest BCUT2D eigenvalue weighted by molar-refractivity contribution is -0.120. The molecule has 1 aliphatic heterocycles. The van der Waals surface area contributed by atoms with E-state index in [1.165, 1.54) is 4.90 Å². The predicted octanol–water partition coefficient (Wildman–Crippen LogP) is 2.37. The Labute approximate surface area is 151 Å². The van der Waals surface area contributed by atoms with Gasteiger partial charge in [0.1, 0.15) is 0 Å². The van der Waals surface area contributed by atoms with Gasteiger partial charge in [-0.25, -0.2) is 0 Å². The predicted molar refractivity (Wildman–Crippen MR) is 99.1 cm³/mol. The second-order valence-corrected chi connectivity index (χ2v) is 7.08. The van der Waals surface area contributed by atoms with E-state index in [4.69, 9.17) is 0 Å². The van der Waals surface area contributed by atoms with E-state index in [0.29, 0.717) is 6.42 Å². The van der Waals surface area contributed by atoms with Crippen LogP contribution in [0.4, 0.5) is 0 Å². The Balaban J connectivity index is 0.00000242. The smallest absolute Gasteiger partial charge is 0.220 e.